The third kappa shape index (κ3) is 2.57. The molecule has 0 heterocycles. The number of benzene rings is 1. The first-order valence-electron chi connectivity index (χ1n) is 3.03. The molecule has 0 aliphatic rings. The third-order valence-corrected chi connectivity index (χ3v) is 1.86. The maximum Gasteiger partial charge on any atom is 0.133 e. The summed E-state index contributed by atoms with van der Waals surface area (Å²) in [6.07, 6.45) is 0. The Kier molecular flexibility index (Phi) is 3.23. The number of rotatable bonds is 2. The van der Waals surface area contributed by atoms with Crippen LogP contribution in [0.1, 0.15) is 0 Å². The van der Waals surface area contributed by atoms with Crippen molar-refractivity contribution in [2.75, 3.05) is 0 Å². The summed E-state index contributed by atoms with van der Waals surface area (Å²) in [7, 11) is -2.35. The second-order valence-electron chi connectivity index (χ2n) is 1.98. The highest BCUT2D eigenvalue weighted by atomic mass is 35.5. The first-order chi connectivity index (χ1) is 5.59. The molecule has 0 radical (unpaired) electrons. The summed E-state index contributed by atoms with van der Waals surface area (Å²) >= 11 is 11.2. The Hall–Kier alpha value is -0.415. The molecule has 0 amide bonds. The molecule has 0 atom stereocenters. The van der Waals surface area contributed by atoms with Crippen molar-refractivity contribution in [3.05, 3.63) is 28.2 Å². The Labute approximate surface area is 79.7 Å². The van der Waals surface area contributed by atoms with Gasteiger partial charge in [0.1, 0.15) is 7.32 Å². The van der Waals surface area contributed by atoms with E-state index in [-0.39, 0.29) is 10.8 Å². The molecule has 1 aromatic rings. The van der Waals surface area contributed by atoms with Crippen LogP contribution in [-0.2, 0) is 0 Å². The maximum atomic E-state index is 10.0. The smallest absolute Gasteiger partial charge is 0.133 e. The van der Waals surface area contributed by atoms with Gasteiger partial charge in [-0.05, 0) is 18.2 Å². The van der Waals surface area contributed by atoms with Crippen molar-refractivity contribution >= 4 is 30.5 Å². The largest absolute Gasteiger partial charge is 0.860 e. The molecule has 0 bridgehead atoms. The topological polar surface area (TPSA) is 55.3 Å². The fourth-order valence-electron chi connectivity index (χ4n) is 0.661. The Morgan fingerprint density at radius 3 is 2.33 bits per heavy atom. The van der Waals surface area contributed by atoms with Gasteiger partial charge in [-0.2, -0.15) is 0 Å². The molecule has 1 rings (SSSR count). The molecule has 3 nitrogen and oxygen atoms in total. The van der Waals surface area contributed by atoms with Gasteiger partial charge in [0.15, 0.2) is 0 Å². The van der Waals surface area contributed by atoms with Crippen LogP contribution in [-0.4, -0.2) is 7.32 Å². The Balaban J connectivity index is 2.82. The highest BCUT2D eigenvalue weighted by Gasteiger charge is 1.98. The van der Waals surface area contributed by atoms with Gasteiger partial charge in [0.25, 0.3) is 0 Å². The molecular weight excluding hydrogens is 202 g/mol. The van der Waals surface area contributed by atoms with E-state index in [1.54, 1.807) is 0 Å². The summed E-state index contributed by atoms with van der Waals surface area (Å²) in [5.74, 6) is 0.124. The number of hydrogen-bond donors (Lipinski definition) is 0. The van der Waals surface area contributed by atoms with Gasteiger partial charge in [-0.15, -0.1) is 0 Å². The van der Waals surface area contributed by atoms with Crippen molar-refractivity contribution in [1.82, 2.24) is 0 Å². The first-order valence-corrected chi connectivity index (χ1v) is 3.78. The minimum Gasteiger partial charge on any atom is -0.860 e. The predicted molar refractivity (Wildman–Crippen MR) is 42.8 cm³/mol. The van der Waals surface area contributed by atoms with Crippen LogP contribution in [0.25, 0.3) is 0 Å². The minimum absolute atomic E-state index is 0.124. The van der Waals surface area contributed by atoms with Gasteiger partial charge in [0.2, 0.25) is 0 Å². The van der Waals surface area contributed by atoms with Crippen molar-refractivity contribution in [2.24, 2.45) is 0 Å². The zero-order valence-corrected chi connectivity index (χ0v) is 7.30. The van der Waals surface area contributed by atoms with E-state index >= 15 is 0 Å². The van der Waals surface area contributed by atoms with Crippen molar-refractivity contribution in [3.63, 3.8) is 0 Å². The molecule has 0 saturated heterocycles. The third-order valence-electron chi connectivity index (χ3n) is 1.12. The van der Waals surface area contributed by atoms with E-state index in [2.05, 4.69) is 4.65 Å². The molecule has 0 aromatic heterocycles. The van der Waals surface area contributed by atoms with E-state index < -0.39 is 7.32 Å². The fraction of sp³-hybridized carbons (Fsp3) is 0. The molecular formula is C6H3BCl2O3-2. The molecule has 0 unspecified atom stereocenters. The van der Waals surface area contributed by atoms with Crippen LogP contribution in [0.2, 0.25) is 10.0 Å². The van der Waals surface area contributed by atoms with Gasteiger partial charge < -0.3 is 14.7 Å². The summed E-state index contributed by atoms with van der Waals surface area (Å²) < 4.78 is 4.30. The summed E-state index contributed by atoms with van der Waals surface area (Å²) in [5, 5.41) is 20.7. The monoisotopic (exact) mass is 204 g/mol. The molecule has 64 valence electrons. The van der Waals surface area contributed by atoms with Gasteiger partial charge in [0.05, 0.1) is 15.8 Å². The molecule has 0 aliphatic carbocycles. The van der Waals surface area contributed by atoms with Crippen LogP contribution in [0.3, 0.4) is 0 Å². The van der Waals surface area contributed by atoms with E-state index in [0.717, 1.165) is 0 Å². The second kappa shape index (κ2) is 4.00. The van der Waals surface area contributed by atoms with Crippen LogP contribution in [0.5, 0.6) is 5.75 Å². The lowest BCUT2D eigenvalue weighted by molar-refractivity contribution is -0.372. The van der Waals surface area contributed by atoms with Gasteiger partial charge in [-0.3, -0.25) is 0 Å². The molecule has 0 N–H and O–H groups in total. The molecule has 12 heavy (non-hydrogen) atoms. The van der Waals surface area contributed by atoms with Crippen molar-refractivity contribution in [3.8, 4) is 5.75 Å². The SMILES string of the molecule is [O-]B([O-])Oc1ccc(Cl)c(Cl)c1. The van der Waals surface area contributed by atoms with Crippen LogP contribution < -0.4 is 14.7 Å². The highest BCUT2D eigenvalue weighted by Crippen LogP contribution is 2.25. The van der Waals surface area contributed by atoms with Gasteiger partial charge in [0, 0.05) is 0 Å². The summed E-state index contributed by atoms with van der Waals surface area (Å²) in [6.45, 7) is 0. The van der Waals surface area contributed by atoms with Crippen molar-refractivity contribution in [1.29, 1.82) is 0 Å². The summed E-state index contributed by atoms with van der Waals surface area (Å²) in [6, 6.07) is 4.16. The van der Waals surface area contributed by atoms with Crippen LogP contribution in [0, 0.1) is 0 Å². The van der Waals surface area contributed by atoms with Gasteiger partial charge in [-0.1, -0.05) is 23.2 Å². The Morgan fingerprint density at radius 2 is 1.83 bits per heavy atom. The highest BCUT2D eigenvalue weighted by molar-refractivity contribution is 6.42. The van der Waals surface area contributed by atoms with Crippen LogP contribution in [0.15, 0.2) is 18.2 Å². The fourth-order valence-corrected chi connectivity index (χ4v) is 0.949. The lowest BCUT2D eigenvalue weighted by Gasteiger charge is -2.26. The molecule has 1 aromatic carbocycles. The van der Waals surface area contributed by atoms with Gasteiger partial charge in [-0.25, -0.2) is 0 Å². The normalized spacial score (nSPS) is 9.67. The zero-order valence-electron chi connectivity index (χ0n) is 5.79. The van der Waals surface area contributed by atoms with E-state index in [1.165, 1.54) is 18.2 Å². The Bertz CT molecular complexity index is 279. The van der Waals surface area contributed by atoms with E-state index in [0.29, 0.717) is 5.02 Å². The second-order valence-corrected chi connectivity index (χ2v) is 2.80. The molecule has 0 fully saturated rings. The quantitative estimate of drug-likeness (QED) is 0.642. The van der Waals surface area contributed by atoms with Crippen LogP contribution >= 0.6 is 23.2 Å². The van der Waals surface area contributed by atoms with E-state index in [1.807, 2.05) is 0 Å². The first kappa shape index (κ1) is 9.67. The number of halogens is 2. The molecule has 6 heteroatoms. The molecule has 0 saturated carbocycles. The standard InChI is InChI=1S/C6H3BCl2O3/c8-5-2-1-4(3-6(5)9)12-7(10)11/h1-3H/q-2. The maximum absolute atomic E-state index is 10.0. The molecule has 0 aliphatic heterocycles. The zero-order chi connectivity index (χ0) is 9.14. The lowest BCUT2D eigenvalue weighted by atomic mass is 10.2. The Morgan fingerprint density at radius 1 is 1.17 bits per heavy atom. The summed E-state index contributed by atoms with van der Waals surface area (Å²) in [5.41, 5.74) is 0. The van der Waals surface area contributed by atoms with Crippen molar-refractivity contribution in [2.45, 2.75) is 0 Å². The van der Waals surface area contributed by atoms with E-state index in [9.17, 15) is 10.0 Å². The predicted octanol–water partition coefficient (Wildman–Crippen LogP) is 0.0777. The summed E-state index contributed by atoms with van der Waals surface area (Å²) in [4.78, 5) is 0. The minimum atomic E-state index is -2.35. The average Bonchev–Trinajstić information content (AvgIpc) is 1.96. The van der Waals surface area contributed by atoms with Crippen molar-refractivity contribution < 1.29 is 14.7 Å². The average molecular weight is 205 g/mol. The lowest BCUT2D eigenvalue weighted by Crippen LogP contribution is -2.50. The van der Waals surface area contributed by atoms with E-state index in [4.69, 9.17) is 23.2 Å². The number of hydrogen-bond acceptors (Lipinski definition) is 3. The molecule has 0 spiro atoms. The van der Waals surface area contributed by atoms with Gasteiger partial charge >= 0.3 is 0 Å². The van der Waals surface area contributed by atoms with Crippen LogP contribution in [0.4, 0.5) is 0 Å².